The average molecular weight is 319 g/mol. The van der Waals surface area contributed by atoms with Crippen LogP contribution >= 0.6 is 11.3 Å². The number of hydrogen-bond acceptors (Lipinski definition) is 4. The molecule has 0 spiro atoms. The molecule has 0 radical (unpaired) electrons. The number of para-hydroxylation sites is 2. The molecule has 0 unspecified atom stereocenters. The van der Waals surface area contributed by atoms with Crippen LogP contribution in [0.3, 0.4) is 0 Å². The van der Waals surface area contributed by atoms with E-state index >= 15 is 0 Å². The van der Waals surface area contributed by atoms with Crippen molar-refractivity contribution in [3.8, 4) is 0 Å². The fraction of sp³-hybridized carbons (Fsp3) is 0.214. The number of aromatic nitrogens is 2. The monoisotopic (exact) mass is 319 g/mol. The van der Waals surface area contributed by atoms with E-state index in [-0.39, 0.29) is 5.92 Å². The van der Waals surface area contributed by atoms with E-state index in [1.54, 1.807) is 17.5 Å². The van der Waals surface area contributed by atoms with Crippen molar-refractivity contribution in [2.24, 2.45) is 0 Å². The minimum absolute atomic E-state index is 0.145. The van der Waals surface area contributed by atoms with E-state index in [1.807, 2.05) is 24.3 Å². The average Bonchev–Trinajstić information content (AvgIpc) is 3.06. The van der Waals surface area contributed by atoms with Gasteiger partial charge in [0.2, 0.25) is 0 Å². The Hall–Kier alpha value is -1.70. The minimum atomic E-state index is -3.32. The molecule has 1 aromatic carbocycles. The van der Waals surface area contributed by atoms with Gasteiger partial charge in [-0.15, -0.1) is 11.3 Å². The van der Waals surface area contributed by atoms with Gasteiger partial charge in [-0.1, -0.05) is 18.2 Å². The molecule has 7 heteroatoms. The highest BCUT2D eigenvalue weighted by Gasteiger charge is 2.39. The number of thiophene rings is 1. The molecular weight excluding hydrogens is 306 g/mol. The zero-order valence-corrected chi connectivity index (χ0v) is 12.7. The van der Waals surface area contributed by atoms with Crippen molar-refractivity contribution in [3.05, 3.63) is 47.6 Å². The predicted octanol–water partition coefficient (Wildman–Crippen LogP) is 2.41. The minimum Gasteiger partial charge on any atom is -0.342 e. The van der Waals surface area contributed by atoms with E-state index in [0.717, 1.165) is 16.9 Å². The summed E-state index contributed by atoms with van der Waals surface area (Å²) < 4.78 is 26.6. The highest BCUT2D eigenvalue weighted by Crippen LogP contribution is 2.32. The predicted molar refractivity (Wildman–Crippen MR) is 81.9 cm³/mol. The lowest BCUT2D eigenvalue weighted by molar-refractivity contribution is 0.258. The molecule has 21 heavy (non-hydrogen) atoms. The molecule has 0 saturated carbocycles. The van der Waals surface area contributed by atoms with Gasteiger partial charge >= 0.3 is 0 Å². The summed E-state index contributed by atoms with van der Waals surface area (Å²) in [4.78, 5) is 7.81. The largest absolute Gasteiger partial charge is 0.342 e. The molecule has 4 rings (SSSR count). The van der Waals surface area contributed by atoms with Crippen molar-refractivity contribution < 1.29 is 8.42 Å². The van der Waals surface area contributed by atoms with Gasteiger partial charge in [0.05, 0.1) is 11.0 Å². The van der Waals surface area contributed by atoms with Crippen LogP contribution in [0.4, 0.5) is 0 Å². The van der Waals surface area contributed by atoms with Crippen molar-refractivity contribution in [1.82, 2.24) is 14.3 Å². The van der Waals surface area contributed by atoms with Crippen LogP contribution in [0.2, 0.25) is 0 Å². The number of nitrogens with zero attached hydrogens (tertiary/aromatic N) is 2. The van der Waals surface area contributed by atoms with Crippen LogP contribution in [0.25, 0.3) is 11.0 Å². The Morgan fingerprint density at radius 3 is 2.71 bits per heavy atom. The van der Waals surface area contributed by atoms with Gasteiger partial charge < -0.3 is 4.98 Å². The number of benzene rings is 1. The molecule has 0 aliphatic carbocycles. The summed E-state index contributed by atoms with van der Waals surface area (Å²) >= 11 is 1.26. The Bertz CT molecular complexity index is 845. The SMILES string of the molecule is O=S(=O)(c1cccs1)N1CC(c2nc3ccccc3[nH]2)C1. The molecule has 1 aliphatic heterocycles. The lowest BCUT2D eigenvalue weighted by Crippen LogP contribution is -2.48. The molecule has 1 N–H and O–H groups in total. The first-order valence-electron chi connectivity index (χ1n) is 6.63. The van der Waals surface area contributed by atoms with Gasteiger partial charge in [-0.05, 0) is 23.6 Å². The first-order valence-corrected chi connectivity index (χ1v) is 8.95. The molecule has 108 valence electrons. The second-order valence-corrected chi connectivity index (χ2v) is 8.20. The van der Waals surface area contributed by atoms with Gasteiger partial charge in [0.1, 0.15) is 10.0 Å². The third-order valence-corrected chi connectivity index (χ3v) is 6.94. The van der Waals surface area contributed by atoms with Gasteiger partial charge in [-0.25, -0.2) is 13.4 Å². The lowest BCUT2D eigenvalue weighted by Gasteiger charge is -2.36. The molecule has 0 bridgehead atoms. The number of H-pyrrole nitrogens is 1. The molecule has 0 atom stereocenters. The number of hydrogen-bond donors (Lipinski definition) is 1. The third-order valence-electron chi connectivity index (χ3n) is 3.73. The standard InChI is InChI=1S/C14H13N3O2S2/c18-21(19,13-6-3-7-20-13)17-8-10(9-17)14-15-11-4-1-2-5-12(11)16-14/h1-7,10H,8-9H2,(H,15,16). The van der Waals surface area contributed by atoms with Crippen LogP contribution in [0.5, 0.6) is 0 Å². The molecule has 5 nitrogen and oxygen atoms in total. The Kier molecular flexibility index (Phi) is 2.88. The van der Waals surface area contributed by atoms with Crippen molar-refractivity contribution in [1.29, 1.82) is 0 Å². The molecular formula is C14H13N3O2S2. The van der Waals surface area contributed by atoms with Crippen molar-refractivity contribution >= 4 is 32.4 Å². The third kappa shape index (κ3) is 2.08. The number of nitrogens with one attached hydrogen (secondary N) is 1. The number of fused-ring (bicyclic) bond motifs is 1. The molecule has 1 aliphatic rings. The normalized spacial score (nSPS) is 17.1. The highest BCUT2D eigenvalue weighted by atomic mass is 32.2. The Labute approximate surface area is 126 Å². The van der Waals surface area contributed by atoms with E-state index in [0.29, 0.717) is 17.3 Å². The maximum atomic E-state index is 12.3. The fourth-order valence-corrected chi connectivity index (χ4v) is 5.19. The first kappa shape index (κ1) is 13.0. The summed E-state index contributed by atoms with van der Waals surface area (Å²) in [5.41, 5.74) is 1.92. The van der Waals surface area contributed by atoms with Crippen LogP contribution in [-0.2, 0) is 10.0 Å². The van der Waals surface area contributed by atoms with Gasteiger partial charge in [-0.2, -0.15) is 4.31 Å². The summed E-state index contributed by atoms with van der Waals surface area (Å²) in [5, 5.41) is 1.78. The van der Waals surface area contributed by atoms with Crippen LogP contribution in [0, 0.1) is 0 Å². The van der Waals surface area contributed by atoms with Gasteiger partial charge in [0, 0.05) is 19.0 Å². The summed E-state index contributed by atoms with van der Waals surface area (Å²) in [6.07, 6.45) is 0. The zero-order chi connectivity index (χ0) is 14.4. The summed E-state index contributed by atoms with van der Waals surface area (Å²) in [6, 6.07) is 11.2. The number of rotatable bonds is 3. The van der Waals surface area contributed by atoms with E-state index in [2.05, 4.69) is 9.97 Å². The van der Waals surface area contributed by atoms with Gasteiger partial charge in [0.15, 0.2) is 0 Å². The quantitative estimate of drug-likeness (QED) is 0.806. The van der Waals surface area contributed by atoms with Gasteiger partial charge in [0.25, 0.3) is 10.0 Å². The molecule has 1 fully saturated rings. The van der Waals surface area contributed by atoms with Crippen LogP contribution in [-0.4, -0.2) is 35.8 Å². The van der Waals surface area contributed by atoms with Crippen LogP contribution in [0.1, 0.15) is 11.7 Å². The number of sulfonamides is 1. The van der Waals surface area contributed by atoms with Gasteiger partial charge in [-0.3, -0.25) is 0 Å². The Morgan fingerprint density at radius 1 is 1.19 bits per heavy atom. The number of imidazole rings is 1. The van der Waals surface area contributed by atoms with E-state index in [4.69, 9.17) is 0 Å². The first-order chi connectivity index (χ1) is 10.1. The Balaban J connectivity index is 1.55. The summed E-state index contributed by atoms with van der Waals surface area (Å²) in [7, 11) is -3.32. The van der Waals surface area contributed by atoms with Crippen LogP contribution in [0.15, 0.2) is 46.0 Å². The highest BCUT2D eigenvalue weighted by molar-refractivity contribution is 7.91. The second-order valence-electron chi connectivity index (χ2n) is 5.09. The zero-order valence-electron chi connectivity index (χ0n) is 11.1. The van der Waals surface area contributed by atoms with Crippen molar-refractivity contribution in [2.45, 2.75) is 10.1 Å². The van der Waals surface area contributed by atoms with E-state index in [1.165, 1.54) is 15.6 Å². The van der Waals surface area contributed by atoms with Crippen LogP contribution < -0.4 is 0 Å². The Morgan fingerprint density at radius 2 is 2.00 bits per heavy atom. The molecule has 3 heterocycles. The molecule has 3 aromatic rings. The fourth-order valence-electron chi connectivity index (χ4n) is 2.51. The van der Waals surface area contributed by atoms with Crippen molar-refractivity contribution in [2.75, 3.05) is 13.1 Å². The number of aromatic amines is 1. The molecule has 2 aromatic heterocycles. The van der Waals surface area contributed by atoms with E-state index in [9.17, 15) is 8.42 Å². The molecule has 0 amide bonds. The maximum Gasteiger partial charge on any atom is 0.252 e. The maximum absolute atomic E-state index is 12.3. The smallest absolute Gasteiger partial charge is 0.252 e. The summed E-state index contributed by atoms with van der Waals surface area (Å²) in [5.74, 6) is 1.01. The second kappa shape index (κ2) is 4.66. The summed E-state index contributed by atoms with van der Waals surface area (Å²) in [6.45, 7) is 0.972. The molecule has 1 saturated heterocycles. The topological polar surface area (TPSA) is 66.1 Å². The lowest BCUT2D eigenvalue weighted by atomic mass is 10.0. The van der Waals surface area contributed by atoms with Crippen molar-refractivity contribution in [3.63, 3.8) is 0 Å². The van der Waals surface area contributed by atoms with E-state index < -0.39 is 10.0 Å².